The molecule has 0 aliphatic heterocycles. The van der Waals surface area contributed by atoms with Crippen molar-refractivity contribution in [1.82, 2.24) is 0 Å². The van der Waals surface area contributed by atoms with E-state index in [1.54, 1.807) is 0 Å². The minimum Gasteiger partial charge on any atom is -0.0654 e. The molecule has 0 spiro atoms. The van der Waals surface area contributed by atoms with Crippen molar-refractivity contribution < 1.29 is 0 Å². The Morgan fingerprint density at radius 1 is 0.632 bits per heavy atom. The van der Waals surface area contributed by atoms with Crippen molar-refractivity contribution in [3.05, 3.63) is 0 Å². The zero-order valence-corrected chi connectivity index (χ0v) is 14.7. The second kappa shape index (κ2) is 11.8. The van der Waals surface area contributed by atoms with Crippen molar-refractivity contribution in [3.63, 3.8) is 0 Å². The third-order valence-corrected chi connectivity index (χ3v) is 4.89. The fraction of sp³-hybridized carbons (Fsp3) is 1.00. The van der Waals surface area contributed by atoms with Crippen LogP contribution in [0.3, 0.4) is 0 Å². The molecule has 116 valence electrons. The first-order chi connectivity index (χ1) is 9.02. The lowest BCUT2D eigenvalue weighted by molar-refractivity contribution is 0.228. The van der Waals surface area contributed by atoms with Gasteiger partial charge in [-0.1, -0.05) is 92.9 Å². The molecule has 0 fully saturated rings. The van der Waals surface area contributed by atoms with Gasteiger partial charge >= 0.3 is 0 Å². The Labute approximate surface area is 123 Å². The van der Waals surface area contributed by atoms with Crippen LogP contribution in [0.2, 0.25) is 0 Å². The van der Waals surface area contributed by atoms with Crippen molar-refractivity contribution in [2.75, 3.05) is 0 Å². The molecule has 0 heteroatoms. The monoisotopic (exact) mass is 268 g/mol. The zero-order chi connectivity index (χ0) is 14.7. The molecule has 0 aromatic heterocycles. The highest BCUT2D eigenvalue weighted by Gasteiger charge is 2.20. The molecule has 3 atom stereocenters. The zero-order valence-electron chi connectivity index (χ0n) is 14.7. The summed E-state index contributed by atoms with van der Waals surface area (Å²) in [4.78, 5) is 0. The highest BCUT2D eigenvalue weighted by Crippen LogP contribution is 2.30. The van der Waals surface area contributed by atoms with Gasteiger partial charge in [-0.3, -0.25) is 0 Å². The summed E-state index contributed by atoms with van der Waals surface area (Å²) in [7, 11) is 0. The maximum Gasteiger partial charge on any atom is -0.0365 e. The lowest BCUT2D eigenvalue weighted by Crippen LogP contribution is -2.18. The van der Waals surface area contributed by atoms with E-state index in [9.17, 15) is 0 Å². The van der Waals surface area contributed by atoms with Crippen LogP contribution < -0.4 is 0 Å². The van der Waals surface area contributed by atoms with Gasteiger partial charge in [0.05, 0.1) is 0 Å². The molecule has 3 unspecified atom stereocenters. The van der Waals surface area contributed by atoms with Gasteiger partial charge in [0.25, 0.3) is 0 Å². The summed E-state index contributed by atoms with van der Waals surface area (Å²) in [6.07, 6.45) is 12.8. The number of rotatable bonds is 12. The van der Waals surface area contributed by atoms with Gasteiger partial charge in [-0.2, -0.15) is 0 Å². The number of unbranched alkanes of at least 4 members (excludes halogenated alkanes) is 2. The fourth-order valence-corrected chi connectivity index (χ4v) is 3.41. The van der Waals surface area contributed by atoms with Gasteiger partial charge in [0, 0.05) is 0 Å². The molecule has 0 heterocycles. The van der Waals surface area contributed by atoms with Gasteiger partial charge in [0.2, 0.25) is 0 Å². The first-order valence-corrected chi connectivity index (χ1v) is 9.02. The maximum absolute atomic E-state index is 2.50. The van der Waals surface area contributed by atoms with E-state index < -0.39 is 0 Å². The van der Waals surface area contributed by atoms with Crippen molar-refractivity contribution in [2.45, 2.75) is 99.3 Å². The van der Waals surface area contributed by atoms with Crippen LogP contribution in [-0.4, -0.2) is 0 Å². The Hall–Kier alpha value is 0. The summed E-state index contributed by atoms with van der Waals surface area (Å²) in [6, 6.07) is 0. The van der Waals surface area contributed by atoms with Crippen LogP contribution in [-0.2, 0) is 0 Å². The molecular formula is C19H40. The van der Waals surface area contributed by atoms with Gasteiger partial charge in [-0.15, -0.1) is 0 Å². The minimum atomic E-state index is 0.860. The van der Waals surface area contributed by atoms with Crippen molar-refractivity contribution in [1.29, 1.82) is 0 Å². The van der Waals surface area contributed by atoms with Crippen LogP contribution in [0, 0.1) is 23.7 Å². The smallest absolute Gasteiger partial charge is 0.0365 e. The quantitative estimate of drug-likeness (QED) is 0.354. The van der Waals surface area contributed by atoms with Crippen LogP contribution in [0.4, 0.5) is 0 Å². The fourth-order valence-electron chi connectivity index (χ4n) is 3.41. The summed E-state index contributed by atoms with van der Waals surface area (Å²) >= 11 is 0. The van der Waals surface area contributed by atoms with Crippen LogP contribution in [0.25, 0.3) is 0 Å². The van der Waals surface area contributed by atoms with E-state index in [-0.39, 0.29) is 0 Å². The lowest BCUT2D eigenvalue weighted by atomic mass is 9.78. The van der Waals surface area contributed by atoms with Crippen LogP contribution in [0.1, 0.15) is 99.3 Å². The van der Waals surface area contributed by atoms with Gasteiger partial charge in [0.15, 0.2) is 0 Å². The van der Waals surface area contributed by atoms with Gasteiger partial charge in [-0.25, -0.2) is 0 Å². The second-order valence-electron chi connectivity index (χ2n) is 7.21. The third-order valence-electron chi connectivity index (χ3n) is 4.89. The predicted octanol–water partition coefficient (Wildman–Crippen LogP) is 7.08. The summed E-state index contributed by atoms with van der Waals surface area (Å²) < 4.78 is 0. The van der Waals surface area contributed by atoms with Crippen LogP contribution >= 0.6 is 0 Å². The Balaban J connectivity index is 3.88. The molecule has 19 heavy (non-hydrogen) atoms. The molecule has 0 aliphatic rings. The van der Waals surface area contributed by atoms with E-state index in [2.05, 4.69) is 41.5 Å². The van der Waals surface area contributed by atoms with Crippen molar-refractivity contribution in [3.8, 4) is 0 Å². The molecule has 0 aromatic rings. The van der Waals surface area contributed by atoms with Gasteiger partial charge < -0.3 is 0 Å². The van der Waals surface area contributed by atoms with E-state index in [4.69, 9.17) is 0 Å². The van der Waals surface area contributed by atoms with Gasteiger partial charge in [-0.05, 0) is 30.1 Å². The Morgan fingerprint density at radius 2 is 1.16 bits per heavy atom. The molecule has 0 saturated heterocycles. The first-order valence-electron chi connectivity index (χ1n) is 9.02. The maximum atomic E-state index is 2.50. The first kappa shape index (κ1) is 19.0. The molecule has 0 amide bonds. The Bertz CT molecular complexity index is 182. The summed E-state index contributed by atoms with van der Waals surface area (Å²) in [6.45, 7) is 14.4. The predicted molar refractivity (Wildman–Crippen MR) is 89.6 cm³/mol. The molecule has 0 saturated carbocycles. The molecule has 0 nitrogen and oxygen atoms in total. The third kappa shape index (κ3) is 9.52. The standard InChI is InChI=1S/C19H40/c1-7-9-12-17(5)13-11-14-18(6)19(16(3)4)15-10-8-2/h16-19H,7-15H2,1-6H3. The number of hydrogen-bond acceptors (Lipinski definition) is 0. The summed E-state index contributed by atoms with van der Waals surface area (Å²) in [5.74, 6) is 3.68. The van der Waals surface area contributed by atoms with Crippen molar-refractivity contribution >= 4 is 0 Å². The van der Waals surface area contributed by atoms with E-state index in [1.807, 2.05) is 0 Å². The highest BCUT2D eigenvalue weighted by atomic mass is 14.3. The van der Waals surface area contributed by atoms with Crippen molar-refractivity contribution in [2.24, 2.45) is 23.7 Å². The SMILES string of the molecule is CCCCC(C)CCCC(C)C(CCCC)C(C)C. The number of hydrogen-bond donors (Lipinski definition) is 0. The molecule has 0 N–H and O–H groups in total. The van der Waals surface area contributed by atoms with E-state index in [0.717, 1.165) is 23.7 Å². The normalized spacial score (nSPS) is 16.6. The lowest BCUT2D eigenvalue weighted by Gasteiger charge is -2.28. The molecular weight excluding hydrogens is 228 g/mol. The Kier molecular flexibility index (Phi) is 11.8. The van der Waals surface area contributed by atoms with E-state index in [1.165, 1.54) is 57.8 Å². The summed E-state index contributed by atoms with van der Waals surface area (Å²) in [5, 5.41) is 0. The average molecular weight is 269 g/mol. The Morgan fingerprint density at radius 3 is 1.68 bits per heavy atom. The molecule has 0 aliphatic carbocycles. The molecule has 0 rings (SSSR count). The van der Waals surface area contributed by atoms with E-state index >= 15 is 0 Å². The topological polar surface area (TPSA) is 0 Å². The molecule has 0 bridgehead atoms. The van der Waals surface area contributed by atoms with Gasteiger partial charge in [0.1, 0.15) is 0 Å². The average Bonchev–Trinajstić information content (AvgIpc) is 2.36. The summed E-state index contributed by atoms with van der Waals surface area (Å²) in [5.41, 5.74) is 0. The highest BCUT2D eigenvalue weighted by molar-refractivity contribution is 4.70. The largest absolute Gasteiger partial charge is 0.0654 e. The van der Waals surface area contributed by atoms with Crippen LogP contribution in [0.5, 0.6) is 0 Å². The molecule has 0 radical (unpaired) electrons. The minimum absolute atomic E-state index is 0.860. The second-order valence-corrected chi connectivity index (χ2v) is 7.21. The molecule has 0 aromatic carbocycles. The van der Waals surface area contributed by atoms with E-state index in [0.29, 0.717) is 0 Å². The van der Waals surface area contributed by atoms with Crippen LogP contribution in [0.15, 0.2) is 0 Å².